The van der Waals surface area contributed by atoms with Gasteiger partial charge in [-0.2, -0.15) is 0 Å². The molecule has 0 amide bonds. The van der Waals surface area contributed by atoms with E-state index in [1.54, 1.807) is 0 Å². The molecular formula is C55H105N3O4. The normalized spacial score (nSPS) is 12.6. The zero-order valence-corrected chi connectivity index (χ0v) is 42.2. The number of nitrogens with zero attached hydrogens (tertiary/aromatic N) is 3. The lowest BCUT2D eigenvalue weighted by Gasteiger charge is -2.23. The Morgan fingerprint density at radius 2 is 0.790 bits per heavy atom. The molecule has 0 saturated carbocycles. The Labute approximate surface area is 385 Å². The third-order valence-corrected chi connectivity index (χ3v) is 13.3. The van der Waals surface area contributed by atoms with E-state index in [1.165, 1.54) is 154 Å². The average molecular weight is 872 g/mol. The van der Waals surface area contributed by atoms with Crippen molar-refractivity contribution in [3.8, 4) is 0 Å². The van der Waals surface area contributed by atoms with Crippen molar-refractivity contribution < 1.29 is 19.1 Å². The zero-order valence-electron chi connectivity index (χ0n) is 42.2. The summed E-state index contributed by atoms with van der Waals surface area (Å²) in [6, 6.07) is 0. The van der Waals surface area contributed by atoms with Crippen LogP contribution >= 0.6 is 0 Å². The van der Waals surface area contributed by atoms with Crippen LogP contribution in [0.4, 0.5) is 0 Å². The first-order valence-corrected chi connectivity index (χ1v) is 27.5. The molecule has 1 aromatic rings. The molecule has 7 nitrogen and oxygen atoms in total. The highest BCUT2D eigenvalue weighted by Crippen LogP contribution is 2.23. The SMILES string of the molecule is CCCCCCCCCCC(CCCCCCCC)C(=O)OCCCCN(CCCCOC(=O)C(CCCCCCCC)CCCCCCCCCC)CCCn1ccnc1C. The summed E-state index contributed by atoms with van der Waals surface area (Å²) in [4.78, 5) is 33.7. The van der Waals surface area contributed by atoms with Gasteiger partial charge in [-0.25, -0.2) is 4.98 Å². The third kappa shape index (κ3) is 34.5. The minimum absolute atomic E-state index is 0.0515. The Hall–Kier alpha value is -1.89. The molecule has 2 unspecified atom stereocenters. The molecule has 0 bridgehead atoms. The number of hydrogen-bond donors (Lipinski definition) is 0. The molecule has 0 fully saturated rings. The van der Waals surface area contributed by atoms with E-state index in [9.17, 15) is 9.59 Å². The molecule has 1 aromatic heterocycles. The molecule has 7 heteroatoms. The van der Waals surface area contributed by atoms with E-state index in [-0.39, 0.29) is 23.8 Å². The lowest BCUT2D eigenvalue weighted by atomic mass is 9.94. The lowest BCUT2D eigenvalue weighted by Crippen LogP contribution is -2.29. The highest BCUT2D eigenvalue weighted by Gasteiger charge is 2.21. The maximum absolute atomic E-state index is 13.4. The summed E-state index contributed by atoms with van der Waals surface area (Å²) in [6.07, 6.45) is 48.8. The number of aromatic nitrogens is 2. The second-order valence-electron chi connectivity index (χ2n) is 19.1. The van der Waals surface area contributed by atoms with E-state index in [0.29, 0.717) is 13.2 Å². The average Bonchev–Trinajstić information content (AvgIpc) is 3.69. The predicted molar refractivity (Wildman–Crippen MR) is 266 cm³/mol. The second-order valence-corrected chi connectivity index (χ2v) is 19.1. The highest BCUT2D eigenvalue weighted by atomic mass is 16.5. The van der Waals surface area contributed by atoms with Gasteiger partial charge in [-0.1, -0.05) is 207 Å². The van der Waals surface area contributed by atoms with Gasteiger partial charge in [0.2, 0.25) is 0 Å². The summed E-state index contributed by atoms with van der Waals surface area (Å²) in [5, 5.41) is 0. The molecule has 0 aliphatic rings. The molecule has 2 atom stereocenters. The third-order valence-electron chi connectivity index (χ3n) is 13.3. The number of hydrogen-bond acceptors (Lipinski definition) is 6. The summed E-state index contributed by atoms with van der Waals surface area (Å²) in [6.45, 7) is 16.2. The van der Waals surface area contributed by atoms with Gasteiger partial charge in [0.1, 0.15) is 5.82 Å². The van der Waals surface area contributed by atoms with Crippen LogP contribution in [0.3, 0.4) is 0 Å². The molecule has 0 spiro atoms. The van der Waals surface area contributed by atoms with Gasteiger partial charge < -0.3 is 18.9 Å². The maximum atomic E-state index is 13.4. The van der Waals surface area contributed by atoms with E-state index in [0.717, 1.165) is 115 Å². The summed E-state index contributed by atoms with van der Waals surface area (Å²) >= 11 is 0. The Morgan fingerprint density at radius 3 is 1.11 bits per heavy atom. The molecule has 0 saturated heterocycles. The van der Waals surface area contributed by atoms with Crippen molar-refractivity contribution in [3.05, 3.63) is 18.2 Å². The van der Waals surface area contributed by atoms with Gasteiger partial charge in [0.15, 0.2) is 0 Å². The quantitative estimate of drug-likeness (QED) is 0.0480. The van der Waals surface area contributed by atoms with Gasteiger partial charge in [0, 0.05) is 18.9 Å². The number of unbranched alkanes of at least 4 members (excludes halogenated alkanes) is 26. The van der Waals surface area contributed by atoms with Crippen molar-refractivity contribution in [1.29, 1.82) is 0 Å². The monoisotopic (exact) mass is 872 g/mol. The van der Waals surface area contributed by atoms with E-state index in [4.69, 9.17) is 9.47 Å². The van der Waals surface area contributed by atoms with Gasteiger partial charge in [-0.3, -0.25) is 9.59 Å². The molecule has 0 aliphatic heterocycles. The molecule has 1 heterocycles. The van der Waals surface area contributed by atoms with Gasteiger partial charge in [0.25, 0.3) is 0 Å². The Morgan fingerprint density at radius 1 is 0.468 bits per heavy atom. The van der Waals surface area contributed by atoms with Gasteiger partial charge >= 0.3 is 11.9 Å². The van der Waals surface area contributed by atoms with Gasteiger partial charge in [0.05, 0.1) is 25.0 Å². The van der Waals surface area contributed by atoms with Crippen molar-refractivity contribution >= 4 is 11.9 Å². The smallest absolute Gasteiger partial charge is 0.308 e. The van der Waals surface area contributed by atoms with Crippen molar-refractivity contribution in [1.82, 2.24) is 14.5 Å². The van der Waals surface area contributed by atoms with E-state index in [1.807, 2.05) is 6.20 Å². The molecule has 62 heavy (non-hydrogen) atoms. The van der Waals surface area contributed by atoms with Crippen LogP contribution in [-0.2, 0) is 25.6 Å². The number of ether oxygens (including phenoxy) is 2. The van der Waals surface area contributed by atoms with Crippen LogP contribution in [0, 0.1) is 18.8 Å². The summed E-state index contributed by atoms with van der Waals surface area (Å²) < 4.78 is 14.2. The standard InChI is InChI=1S/C55H105N3O4/c1-6-10-14-18-22-24-28-32-41-52(39-30-26-20-16-12-8-3)54(59)61-49-36-34-44-57(46-38-47-58-48-43-56-51(58)5)45-35-37-50-62-55(60)53(40-31-27-21-17-13-9-4)42-33-29-25-23-19-15-11-7-2/h43,48,52-53H,6-42,44-47,49-50H2,1-5H3. The topological polar surface area (TPSA) is 73.7 Å². The number of carbonyl (C=O) groups excluding carboxylic acids is 2. The second kappa shape index (κ2) is 44.3. The summed E-state index contributed by atoms with van der Waals surface area (Å²) in [7, 11) is 0. The fourth-order valence-corrected chi connectivity index (χ4v) is 9.05. The van der Waals surface area contributed by atoms with Crippen molar-refractivity contribution in [2.45, 2.75) is 279 Å². The Bertz CT molecular complexity index is 1050. The summed E-state index contributed by atoms with van der Waals surface area (Å²) in [5.41, 5.74) is 0. The van der Waals surface area contributed by atoms with Crippen LogP contribution in [0.1, 0.15) is 271 Å². The van der Waals surface area contributed by atoms with E-state index < -0.39 is 0 Å². The van der Waals surface area contributed by atoms with E-state index in [2.05, 4.69) is 55.3 Å². The lowest BCUT2D eigenvalue weighted by molar-refractivity contribution is -0.150. The first-order valence-electron chi connectivity index (χ1n) is 27.5. The van der Waals surface area contributed by atoms with Gasteiger partial charge in [-0.05, 0) is 84.3 Å². The Balaban J connectivity index is 2.59. The minimum atomic E-state index is 0.0515. The van der Waals surface area contributed by atoms with Crippen molar-refractivity contribution in [2.24, 2.45) is 11.8 Å². The molecule has 1 rings (SSSR count). The molecule has 0 radical (unpaired) electrons. The molecule has 0 aliphatic carbocycles. The number of rotatable bonds is 48. The van der Waals surface area contributed by atoms with E-state index >= 15 is 0 Å². The van der Waals surface area contributed by atoms with Crippen LogP contribution in [-0.4, -0.2) is 59.2 Å². The predicted octanol–water partition coefficient (Wildman–Crippen LogP) is 16.3. The van der Waals surface area contributed by atoms with Crippen LogP contribution < -0.4 is 0 Å². The first-order chi connectivity index (χ1) is 30.5. The van der Waals surface area contributed by atoms with Crippen LogP contribution in [0.15, 0.2) is 12.4 Å². The summed E-state index contributed by atoms with van der Waals surface area (Å²) in [5.74, 6) is 1.30. The van der Waals surface area contributed by atoms with Crippen LogP contribution in [0.5, 0.6) is 0 Å². The number of esters is 2. The first kappa shape index (κ1) is 58.1. The Kier molecular flexibility index (Phi) is 41.6. The maximum Gasteiger partial charge on any atom is 0.308 e. The zero-order chi connectivity index (χ0) is 45.0. The van der Waals surface area contributed by atoms with Gasteiger partial charge in [-0.15, -0.1) is 0 Å². The molecular weight excluding hydrogens is 767 g/mol. The highest BCUT2D eigenvalue weighted by molar-refractivity contribution is 5.72. The largest absolute Gasteiger partial charge is 0.465 e. The minimum Gasteiger partial charge on any atom is -0.465 e. The fourth-order valence-electron chi connectivity index (χ4n) is 9.05. The molecule has 364 valence electrons. The number of imidazole rings is 1. The van der Waals surface area contributed by atoms with Crippen LogP contribution in [0.25, 0.3) is 0 Å². The van der Waals surface area contributed by atoms with Crippen molar-refractivity contribution in [3.63, 3.8) is 0 Å². The fraction of sp³-hybridized carbons (Fsp3) is 0.909. The number of aryl methyl sites for hydroxylation is 2. The van der Waals surface area contributed by atoms with Crippen LogP contribution in [0.2, 0.25) is 0 Å². The number of carbonyl (C=O) groups is 2. The molecule has 0 aromatic carbocycles. The van der Waals surface area contributed by atoms with Crippen molar-refractivity contribution in [2.75, 3.05) is 32.8 Å². The molecule has 0 N–H and O–H groups in total.